The molecule has 0 aliphatic carbocycles. The van der Waals surface area contributed by atoms with Crippen LogP contribution in [-0.4, -0.2) is 20.1 Å². The number of hydrogen-bond acceptors (Lipinski definition) is 4. The minimum absolute atomic E-state index is 0.0827. The third kappa shape index (κ3) is 4.12. The average molecular weight is 326 g/mol. The summed E-state index contributed by atoms with van der Waals surface area (Å²) >= 11 is 7.69. The van der Waals surface area contributed by atoms with Crippen LogP contribution in [0.2, 0.25) is 5.02 Å². The number of nitrogens with one attached hydrogen (secondary N) is 1. The van der Waals surface area contributed by atoms with Crippen molar-refractivity contribution in [1.82, 2.24) is 0 Å². The van der Waals surface area contributed by atoms with Crippen molar-refractivity contribution in [3.63, 3.8) is 0 Å². The van der Waals surface area contributed by atoms with Crippen molar-refractivity contribution in [2.75, 3.05) is 19.5 Å². The summed E-state index contributed by atoms with van der Waals surface area (Å²) in [5.41, 5.74) is 1.70. The van der Waals surface area contributed by atoms with E-state index in [4.69, 9.17) is 21.1 Å². The van der Waals surface area contributed by atoms with Crippen LogP contribution in [0.4, 0.5) is 5.69 Å². The van der Waals surface area contributed by atoms with Crippen molar-refractivity contribution < 1.29 is 14.3 Å². The first-order chi connectivity index (χ1) is 10.1. The van der Waals surface area contributed by atoms with Crippen LogP contribution in [0.3, 0.4) is 0 Å². The van der Waals surface area contributed by atoms with E-state index in [0.717, 1.165) is 5.56 Å². The summed E-state index contributed by atoms with van der Waals surface area (Å²) in [6.45, 7) is 0. The SMILES string of the molecule is COc1cc(OC)c(NC(=O)CCc2ccsc2)cc1Cl. The van der Waals surface area contributed by atoms with E-state index < -0.39 is 0 Å². The molecule has 0 saturated carbocycles. The number of hydrogen-bond donors (Lipinski definition) is 1. The number of anilines is 1. The topological polar surface area (TPSA) is 47.6 Å². The molecule has 0 radical (unpaired) electrons. The molecule has 0 atom stereocenters. The molecule has 0 aliphatic heterocycles. The Hall–Kier alpha value is -1.72. The van der Waals surface area contributed by atoms with Gasteiger partial charge in [-0.05, 0) is 34.9 Å². The molecule has 0 spiro atoms. The Morgan fingerprint density at radius 1 is 1.29 bits per heavy atom. The van der Waals surface area contributed by atoms with Crippen LogP contribution in [0.5, 0.6) is 11.5 Å². The van der Waals surface area contributed by atoms with Gasteiger partial charge in [-0.3, -0.25) is 4.79 Å². The summed E-state index contributed by atoms with van der Waals surface area (Å²) in [5.74, 6) is 0.936. The largest absolute Gasteiger partial charge is 0.495 e. The van der Waals surface area contributed by atoms with Crippen molar-refractivity contribution >= 4 is 34.5 Å². The number of benzene rings is 1. The number of carbonyl (C=O) groups excluding carboxylic acids is 1. The molecule has 0 bridgehead atoms. The monoisotopic (exact) mass is 325 g/mol. The highest BCUT2D eigenvalue weighted by Crippen LogP contribution is 2.35. The Kier molecular flexibility index (Phi) is 5.47. The van der Waals surface area contributed by atoms with E-state index in [-0.39, 0.29) is 5.91 Å². The standard InChI is InChI=1S/C15H16ClNO3S/c1-19-13-8-14(20-2)12(7-11(13)16)17-15(18)4-3-10-5-6-21-9-10/h5-9H,3-4H2,1-2H3,(H,17,18). The van der Waals surface area contributed by atoms with Crippen LogP contribution in [0.1, 0.15) is 12.0 Å². The Balaban J connectivity index is 2.04. The summed E-state index contributed by atoms with van der Waals surface area (Å²) in [4.78, 5) is 12.0. The number of carbonyl (C=O) groups is 1. The second kappa shape index (κ2) is 7.33. The molecule has 1 heterocycles. The molecular weight excluding hydrogens is 310 g/mol. The van der Waals surface area contributed by atoms with Crippen molar-refractivity contribution in [2.24, 2.45) is 0 Å². The fraction of sp³-hybridized carbons (Fsp3) is 0.267. The van der Waals surface area contributed by atoms with E-state index in [0.29, 0.717) is 35.1 Å². The lowest BCUT2D eigenvalue weighted by atomic mass is 10.2. The number of thiophene rings is 1. The third-order valence-corrected chi connectivity index (χ3v) is 4.00. The molecule has 21 heavy (non-hydrogen) atoms. The second-order valence-corrected chi connectivity index (χ2v) is 5.55. The lowest BCUT2D eigenvalue weighted by Crippen LogP contribution is -2.13. The zero-order valence-electron chi connectivity index (χ0n) is 11.8. The van der Waals surface area contributed by atoms with Crippen LogP contribution in [0.15, 0.2) is 29.0 Å². The normalized spacial score (nSPS) is 10.2. The Bertz CT molecular complexity index is 614. The fourth-order valence-corrected chi connectivity index (χ4v) is 2.81. The number of halogens is 1. The maximum absolute atomic E-state index is 12.0. The number of aryl methyl sites for hydroxylation is 1. The molecule has 4 nitrogen and oxygen atoms in total. The maximum atomic E-state index is 12.0. The molecule has 0 fully saturated rings. The average Bonchev–Trinajstić information content (AvgIpc) is 2.99. The molecule has 1 aromatic carbocycles. The van der Waals surface area contributed by atoms with Gasteiger partial charge in [-0.15, -0.1) is 0 Å². The third-order valence-electron chi connectivity index (χ3n) is 2.97. The zero-order chi connectivity index (χ0) is 15.2. The number of amides is 1. The molecular formula is C15H16ClNO3S. The second-order valence-electron chi connectivity index (χ2n) is 4.37. The molecule has 1 amide bonds. The lowest BCUT2D eigenvalue weighted by Gasteiger charge is -2.13. The number of methoxy groups -OCH3 is 2. The van der Waals surface area contributed by atoms with E-state index in [2.05, 4.69) is 5.32 Å². The van der Waals surface area contributed by atoms with Crippen LogP contribution in [0.25, 0.3) is 0 Å². The highest BCUT2D eigenvalue weighted by molar-refractivity contribution is 7.07. The first kappa shape index (κ1) is 15.7. The van der Waals surface area contributed by atoms with Gasteiger partial charge in [-0.2, -0.15) is 11.3 Å². The van der Waals surface area contributed by atoms with Gasteiger partial charge in [0.15, 0.2) is 0 Å². The predicted octanol–water partition coefficient (Wildman–Crippen LogP) is 3.99. The van der Waals surface area contributed by atoms with Gasteiger partial charge in [0, 0.05) is 12.5 Å². The molecule has 2 aromatic rings. The van der Waals surface area contributed by atoms with Gasteiger partial charge < -0.3 is 14.8 Å². The highest BCUT2D eigenvalue weighted by Gasteiger charge is 2.12. The molecule has 0 aliphatic rings. The minimum Gasteiger partial charge on any atom is -0.495 e. The van der Waals surface area contributed by atoms with Crippen molar-refractivity contribution in [3.05, 3.63) is 39.5 Å². The summed E-state index contributed by atoms with van der Waals surface area (Å²) in [6.07, 6.45) is 1.12. The van der Waals surface area contributed by atoms with Crippen molar-refractivity contribution in [1.29, 1.82) is 0 Å². The smallest absolute Gasteiger partial charge is 0.224 e. The Labute approximate surface area is 132 Å². The zero-order valence-corrected chi connectivity index (χ0v) is 13.4. The van der Waals surface area contributed by atoms with Gasteiger partial charge in [-0.25, -0.2) is 0 Å². The summed E-state index contributed by atoms with van der Waals surface area (Å²) in [6, 6.07) is 5.29. The minimum atomic E-state index is -0.0827. The first-order valence-corrected chi connectivity index (χ1v) is 7.68. The van der Waals surface area contributed by atoms with Crippen LogP contribution in [-0.2, 0) is 11.2 Å². The van der Waals surface area contributed by atoms with E-state index in [1.54, 1.807) is 23.5 Å². The molecule has 6 heteroatoms. The first-order valence-electron chi connectivity index (χ1n) is 6.36. The van der Waals surface area contributed by atoms with E-state index in [9.17, 15) is 4.79 Å². The maximum Gasteiger partial charge on any atom is 0.224 e. The molecule has 0 saturated heterocycles. The van der Waals surface area contributed by atoms with Gasteiger partial charge >= 0.3 is 0 Å². The van der Waals surface area contributed by atoms with Gasteiger partial charge in [0.2, 0.25) is 5.91 Å². The Morgan fingerprint density at radius 3 is 2.67 bits per heavy atom. The van der Waals surface area contributed by atoms with Gasteiger partial charge in [0.1, 0.15) is 11.5 Å². The van der Waals surface area contributed by atoms with Gasteiger partial charge in [0.25, 0.3) is 0 Å². The summed E-state index contributed by atoms with van der Waals surface area (Å²) in [5, 5.41) is 7.28. The molecule has 2 rings (SSSR count). The molecule has 0 unspecified atom stereocenters. The highest BCUT2D eigenvalue weighted by atomic mass is 35.5. The van der Waals surface area contributed by atoms with Crippen LogP contribution < -0.4 is 14.8 Å². The molecule has 1 aromatic heterocycles. The molecule has 112 valence electrons. The fourth-order valence-electron chi connectivity index (χ4n) is 1.86. The Morgan fingerprint density at radius 2 is 2.05 bits per heavy atom. The van der Waals surface area contributed by atoms with E-state index in [1.165, 1.54) is 14.2 Å². The van der Waals surface area contributed by atoms with Crippen molar-refractivity contribution in [3.8, 4) is 11.5 Å². The summed E-state index contributed by atoms with van der Waals surface area (Å²) < 4.78 is 10.4. The molecule has 1 N–H and O–H groups in total. The van der Waals surface area contributed by atoms with Crippen LogP contribution >= 0.6 is 22.9 Å². The summed E-state index contributed by atoms with van der Waals surface area (Å²) in [7, 11) is 3.06. The van der Waals surface area contributed by atoms with Crippen LogP contribution in [0, 0.1) is 0 Å². The van der Waals surface area contributed by atoms with E-state index >= 15 is 0 Å². The van der Waals surface area contributed by atoms with E-state index in [1.807, 2.05) is 16.8 Å². The number of rotatable bonds is 6. The quantitative estimate of drug-likeness (QED) is 0.873. The van der Waals surface area contributed by atoms with Gasteiger partial charge in [0.05, 0.1) is 24.9 Å². The predicted molar refractivity (Wildman–Crippen MR) is 85.8 cm³/mol. The lowest BCUT2D eigenvalue weighted by molar-refractivity contribution is -0.116. The van der Waals surface area contributed by atoms with Gasteiger partial charge in [-0.1, -0.05) is 11.6 Å². The van der Waals surface area contributed by atoms with Crippen molar-refractivity contribution in [2.45, 2.75) is 12.8 Å². The number of ether oxygens (including phenoxy) is 2.